The highest BCUT2D eigenvalue weighted by molar-refractivity contribution is 6.31. The molecule has 6 heteroatoms. The molecule has 5 nitrogen and oxygen atoms in total. The number of nitrogen functional groups attached to an aromatic ring is 1. The zero-order valence-electron chi connectivity index (χ0n) is 17.5. The van der Waals surface area contributed by atoms with Crippen molar-refractivity contribution in [2.24, 2.45) is 0 Å². The van der Waals surface area contributed by atoms with Gasteiger partial charge in [0.05, 0.1) is 23.8 Å². The molecule has 2 aromatic carbocycles. The molecule has 0 atom stereocenters. The van der Waals surface area contributed by atoms with E-state index in [9.17, 15) is 5.21 Å². The van der Waals surface area contributed by atoms with Crippen LogP contribution in [0.1, 0.15) is 52.0 Å². The van der Waals surface area contributed by atoms with Crippen molar-refractivity contribution in [2.45, 2.75) is 57.5 Å². The third-order valence-corrected chi connectivity index (χ3v) is 6.40. The van der Waals surface area contributed by atoms with Gasteiger partial charge in [0.2, 0.25) is 0 Å². The third kappa shape index (κ3) is 3.21. The molecule has 1 aliphatic heterocycles. The lowest BCUT2D eigenvalue weighted by atomic mass is 9.71. The molecule has 0 bridgehead atoms. The predicted molar refractivity (Wildman–Crippen MR) is 118 cm³/mol. The Bertz CT molecular complexity index is 1090. The van der Waals surface area contributed by atoms with E-state index in [0.717, 1.165) is 33.1 Å². The summed E-state index contributed by atoms with van der Waals surface area (Å²) < 4.78 is 5.76. The van der Waals surface area contributed by atoms with Crippen LogP contribution in [0.15, 0.2) is 30.3 Å². The number of hydroxylamine groups is 2. The van der Waals surface area contributed by atoms with Crippen LogP contribution in [-0.4, -0.2) is 28.2 Å². The van der Waals surface area contributed by atoms with Gasteiger partial charge in [-0.05, 0) is 76.8 Å². The van der Waals surface area contributed by atoms with Crippen LogP contribution in [0.3, 0.4) is 0 Å². The quantitative estimate of drug-likeness (QED) is 0.547. The number of fused-ring (bicyclic) bond motifs is 2. The maximum Gasteiger partial charge on any atom is 0.123 e. The van der Waals surface area contributed by atoms with E-state index in [1.165, 1.54) is 5.06 Å². The van der Waals surface area contributed by atoms with Crippen LogP contribution in [-0.2, 0) is 5.21 Å². The second kappa shape index (κ2) is 6.73. The first-order valence-electron chi connectivity index (χ1n) is 9.88. The Hall–Kier alpha value is -2.08. The molecule has 3 aromatic rings. The molecule has 2 N–H and O–H groups in total. The van der Waals surface area contributed by atoms with Gasteiger partial charge in [-0.15, -0.1) is 10.3 Å². The summed E-state index contributed by atoms with van der Waals surface area (Å²) in [6.45, 7) is 8.02. The topological polar surface area (TPSA) is 71.3 Å². The average molecular weight is 413 g/mol. The van der Waals surface area contributed by atoms with Gasteiger partial charge in [0.15, 0.2) is 0 Å². The van der Waals surface area contributed by atoms with E-state index in [1.54, 1.807) is 7.11 Å². The minimum absolute atomic E-state index is 0.123. The van der Waals surface area contributed by atoms with Crippen LogP contribution < -0.4 is 10.5 Å². The molecule has 1 saturated heterocycles. The van der Waals surface area contributed by atoms with Gasteiger partial charge in [-0.2, -0.15) is 0 Å². The highest BCUT2D eigenvalue weighted by Gasteiger charge is 2.47. The van der Waals surface area contributed by atoms with E-state index in [-0.39, 0.29) is 5.92 Å². The normalized spacial score (nSPS) is 19.7. The highest BCUT2D eigenvalue weighted by Crippen LogP contribution is 2.50. The summed E-state index contributed by atoms with van der Waals surface area (Å²) in [6, 6.07) is 9.46. The summed E-state index contributed by atoms with van der Waals surface area (Å²) in [7, 11) is 1.67. The van der Waals surface area contributed by atoms with Gasteiger partial charge in [-0.25, -0.2) is 4.98 Å². The van der Waals surface area contributed by atoms with Crippen molar-refractivity contribution in [2.75, 3.05) is 12.8 Å². The molecule has 0 spiro atoms. The van der Waals surface area contributed by atoms with E-state index in [1.807, 2.05) is 58.0 Å². The summed E-state index contributed by atoms with van der Waals surface area (Å²) in [4.78, 5) is 4.83. The lowest BCUT2D eigenvalue weighted by molar-refractivity contribution is -0.289. The fourth-order valence-electron chi connectivity index (χ4n) is 5.11. The summed E-state index contributed by atoms with van der Waals surface area (Å²) in [5.74, 6) is 0.910. The predicted octanol–water partition coefficient (Wildman–Crippen LogP) is 5.71. The van der Waals surface area contributed by atoms with E-state index in [4.69, 9.17) is 27.1 Å². The molecule has 153 valence electrons. The van der Waals surface area contributed by atoms with Gasteiger partial charge in [0.1, 0.15) is 5.75 Å². The Morgan fingerprint density at radius 1 is 1.10 bits per heavy atom. The number of rotatable bonds is 2. The number of halogens is 1. The molecule has 1 fully saturated rings. The number of anilines is 1. The standard InChI is InChI=1S/C23H27ClN3O2/c1-22(2)11-13(12-23(3,4)27(22)28)19-18(29-5)9-8-16-20(19)21(25)15-7-6-14(24)10-17(15)26-16/h6-10,13H,11-12H2,1-5H3,(H2,25,26). The molecule has 0 aliphatic carbocycles. The number of hydrogen-bond donors (Lipinski definition) is 1. The molecule has 0 unspecified atom stereocenters. The average Bonchev–Trinajstić information content (AvgIpc) is 2.64. The fraction of sp³-hybridized carbons (Fsp3) is 0.435. The van der Waals surface area contributed by atoms with Crippen LogP contribution in [0.25, 0.3) is 21.8 Å². The Morgan fingerprint density at radius 3 is 2.38 bits per heavy atom. The molecule has 0 amide bonds. The van der Waals surface area contributed by atoms with E-state index >= 15 is 0 Å². The summed E-state index contributed by atoms with van der Waals surface area (Å²) in [5.41, 5.74) is 9.00. The number of pyridine rings is 1. The molecule has 2 heterocycles. The first kappa shape index (κ1) is 20.2. The fourth-order valence-corrected chi connectivity index (χ4v) is 5.27. The molecular weight excluding hydrogens is 386 g/mol. The van der Waals surface area contributed by atoms with Crippen molar-refractivity contribution >= 4 is 39.1 Å². The monoisotopic (exact) mass is 412 g/mol. The van der Waals surface area contributed by atoms with E-state index in [0.29, 0.717) is 23.6 Å². The second-order valence-corrected chi connectivity index (χ2v) is 9.72. The third-order valence-electron chi connectivity index (χ3n) is 6.16. The van der Waals surface area contributed by atoms with Crippen molar-refractivity contribution in [3.8, 4) is 5.75 Å². The maximum absolute atomic E-state index is 12.9. The lowest BCUT2D eigenvalue weighted by Gasteiger charge is -2.50. The van der Waals surface area contributed by atoms with Crippen molar-refractivity contribution < 1.29 is 9.94 Å². The molecule has 0 saturated carbocycles. The number of nitrogens with zero attached hydrogens (tertiary/aromatic N) is 2. The molecule has 1 aromatic heterocycles. The summed E-state index contributed by atoms with van der Waals surface area (Å²) in [5, 5.41) is 16.5. The van der Waals surface area contributed by atoms with Gasteiger partial charge in [-0.3, -0.25) is 0 Å². The minimum atomic E-state index is -0.494. The first-order chi connectivity index (χ1) is 13.5. The highest BCUT2D eigenvalue weighted by atomic mass is 35.5. The number of benzene rings is 2. The van der Waals surface area contributed by atoms with Gasteiger partial charge >= 0.3 is 0 Å². The van der Waals surface area contributed by atoms with Gasteiger partial charge in [-0.1, -0.05) is 11.6 Å². The van der Waals surface area contributed by atoms with Crippen molar-refractivity contribution in [1.29, 1.82) is 0 Å². The molecule has 29 heavy (non-hydrogen) atoms. The largest absolute Gasteiger partial charge is 0.496 e. The van der Waals surface area contributed by atoms with Gasteiger partial charge < -0.3 is 10.5 Å². The number of ether oxygens (including phenoxy) is 1. The lowest BCUT2D eigenvalue weighted by Crippen LogP contribution is -2.57. The van der Waals surface area contributed by atoms with Gasteiger partial charge in [0, 0.05) is 32.4 Å². The van der Waals surface area contributed by atoms with Crippen LogP contribution in [0.5, 0.6) is 5.75 Å². The maximum atomic E-state index is 12.9. The van der Waals surface area contributed by atoms with E-state index < -0.39 is 11.1 Å². The number of aromatic nitrogens is 1. The molecule has 4 rings (SSSR count). The second-order valence-electron chi connectivity index (χ2n) is 9.29. The van der Waals surface area contributed by atoms with E-state index in [2.05, 4.69) is 0 Å². The number of hydrogen-bond acceptors (Lipinski definition) is 4. The van der Waals surface area contributed by atoms with Crippen molar-refractivity contribution in [3.05, 3.63) is 40.9 Å². The van der Waals surface area contributed by atoms with Crippen molar-refractivity contribution in [1.82, 2.24) is 10.0 Å². The molecular formula is C23H27ClN3O2. The Balaban J connectivity index is 2.01. The number of methoxy groups -OCH3 is 1. The van der Waals surface area contributed by atoms with Gasteiger partial charge in [0.25, 0.3) is 0 Å². The molecule has 1 aliphatic rings. The Kier molecular flexibility index (Phi) is 4.69. The number of piperidine rings is 1. The van der Waals surface area contributed by atoms with Crippen LogP contribution in [0, 0.1) is 0 Å². The van der Waals surface area contributed by atoms with Crippen LogP contribution in [0.2, 0.25) is 5.02 Å². The Morgan fingerprint density at radius 2 is 1.76 bits per heavy atom. The SMILES string of the molecule is COc1ccc2nc3cc(Cl)ccc3c(N)c2c1C1CC(C)(C)N([O])C(C)(C)C1. The zero-order valence-corrected chi connectivity index (χ0v) is 18.3. The number of nitrogens with two attached hydrogens (primary N) is 1. The zero-order chi connectivity index (χ0) is 21.1. The molecule has 1 radical (unpaired) electrons. The van der Waals surface area contributed by atoms with Crippen molar-refractivity contribution in [3.63, 3.8) is 0 Å². The summed E-state index contributed by atoms with van der Waals surface area (Å²) >= 11 is 6.16. The summed E-state index contributed by atoms with van der Waals surface area (Å²) in [6.07, 6.45) is 1.43. The Labute approximate surface area is 176 Å². The minimum Gasteiger partial charge on any atom is -0.496 e. The smallest absolute Gasteiger partial charge is 0.123 e. The van der Waals surface area contributed by atoms with Crippen LogP contribution in [0.4, 0.5) is 5.69 Å². The van der Waals surface area contributed by atoms with Crippen LogP contribution >= 0.6 is 11.6 Å². The first-order valence-corrected chi connectivity index (χ1v) is 10.3.